The van der Waals surface area contributed by atoms with Gasteiger partial charge in [-0.15, -0.1) is 11.3 Å². The SMILES string of the molecule is CC(C)c1ncc(C(=O)N[C@@H](Cc2ccccc2)C(=O)O)s1. The molecule has 22 heavy (non-hydrogen) atoms. The maximum atomic E-state index is 12.2. The molecule has 116 valence electrons. The first kappa shape index (κ1) is 16.2. The second-order valence-electron chi connectivity index (χ2n) is 5.27. The van der Waals surface area contributed by atoms with Crippen molar-refractivity contribution in [2.75, 3.05) is 0 Å². The van der Waals surface area contributed by atoms with E-state index in [0.717, 1.165) is 10.6 Å². The maximum Gasteiger partial charge on any atom is 0.326 e. The van der Waals surface area contributed by atoms with Crippen LogP contribution in [0.4, 0.5) is 0 Å². The third-order valence-electron chi connectivity index (χ3n) is 3.13. The van der Waals surface area contributed by atoms with Crippen LogP contribution in [0.25, 0.3) is 0 Å². The first-order valence-corrected chi connectivity index (χ1v) is 7.82. The monoisotopic (exact) mass is 318 g/mol. The van der Waals surface area contributed by atoms with Crippen LogP contribution in [-0.2, 0) is 11.2 Å². The quantitative estimate of drug-likeness (QED) is 0.858. The van der Waals surface area contributed by atoms with Crippen molar-refractivity contribution in [2.24, 2.45) is 0 Å². The zero-order chi connectivity index (χ0) is 16.1. The number of carbonyl (C=O) groups excluding carboxylic acids is 1. The fourth-order valence-electron chi connectivity index (χ4n) is 1.94. The van der Waals surface area contributed by atoms with E-state index < -0.39 is 17.9 Å². The summed E-state index contributed by atoms with van der Waals surface area (Å²) in [5.74, 6) is -1.20. The highest BCUT2D eigenvalue weighted by Crippen LogP contribution is 2.21. The van der Waals surface area contributed by atoms with E-state index in [1.165, 1.54) is 17.5 Å². The van der Waals surface area contributed by atoms with Crippen LogP contribution < -0.4 is 5.32 Å². The van der Waals surface area contributed by atoms with E-state index in [1.807, 2.05) is 44.2 Å². The number of aliphatic carboxylic acids is 1. The predicted octanol–water partition coefficient (Wildman–Crippen LogP) is 2.69. The number of rotatable bonds is 6. The molecule has 2 aromatic rings. The number of hydrogen-bond donors (Lipinski definition) is 2. The van der Waals surface area contributed by atoms with Crippen molar-refractivity contribution in [1.82, 2.24) is 10.3 Å². The third-order valence-corrected chi connectivity index (χ3v) is 4.42. The lowest BCUT2D eigenvalue weighted by atomic mass is 10.1. The van der Waals surface area contributed by atoms with Gasteiger partial charge in [-0.2, -0.15) is 0 Å². The number of thiazole rings is 1. The Morgan fingerprint density at radius 1 is 1.27 bits per heavy atom. The minimum Gasteiger partial charge on any atom is -0.480 e. The molecule has 1 heterocycles. The highest BCUT2D eigenvalue weighted by Gasteiger charge is 2.22. The molecule has 0 fully saturated rings. The van der Waals surface area contributed by atoms with E-state index in [-0.39, 0.29) is 12.3 Å². The van der Waals surface area contributed by atoms with E-state index in [2.05, 4.69) is 10.3 Å². The molecule has 1 atom stereocenters. The molecular formula is C16H18N2O3S. The fraction of sp³-hybridized carbons (Fsp3) is 0.312. The van der Waals surface area contributed by atoms with Crippen LogP contribution in [0.15, 0.2) is 36.5 Å². The second kappa shape index (κ2) is 7.17. The fourth-order valence-corrected chi connectivity index (χ4v) is 2.76. The maximum absolute atomic E-state index is 12.2. The Morgan fingerprint density at radius 2 is 1.95 bits per heavy atom. The molecule has 0 bridgehead atoms. The molecule has 2 N–H and O–H groups in total. The lowest BCUT2D eigenvalue weighted by molar-refractivity contribution is -0.139. The van der Waals surface area contributed by atoms with Crippen LogP contribution in [0, 0.1) is 0 Å². The number of nitrogens with zero attached hydrogens (tertiary/aromatic N) is 1. The molecule has 0 saturated heterocycles. The average molecular weight is 318 g/mol. The number of hydrogen-bond acceptors (Lipinski definition) is 4. The zero-order valence-corrected chi connectivity index (χ0v) is 13.3. The van der Waals surface area contributed by atoms with Crippen LogP contribution in [0.1, 0.15) is 40.0 Å². The summed E-state index contributed by atoms with van der Waals surface area (Å²) in [7, 11) is 0. The van der Waals surface area contributed by atoms with Crippen LogP contribution in [0.2, 0.25) is 0 Å². The van der Waals surface area contributed by atoms with Gasteiger partial charge >= 0.3 is 5.97 Å². The summed E-state index contributed by atoms with van der Waals surface area (Å²) in [6.45, 7) is 3.99. The summed E-state index contributed by atoms with van der Waals surface area (Å²) in [4.78, 5) is 28.2. The van der Waals surface area contributed by atoms with Crippen molar-refractivity contribution in [1.29, 1.82) is 0 Å². The summed E-state index contributed by atoms with van der Waals surface area (Å²) in [6, 6.07) is 8.27. The Labute approximate surface area is 133 Å². The van der Waals surface area contributed by atoms with Gasteiger partial charge in [0.15, 0.2) is 0 Å². The summed E-state index contributed by atoms with van der Waals surface area (Å²) in [6.07, 6.45) is 1.74. The van der Waals surface area contributed by atoms with Gasteiger partial charge in [-0.1, -0.05) is 44.2 Å². The van der Waals surface area contributed by atoms with Crippen LogP contribution in [0.5, 0.6) is 0 Å². The Hall–Kier alpha value is -2.21. The lowest BCUT2D eigenvalue weighted by Gasteiger charge is -2.13. The van der Waals surface area contributed by atoms with Crippen molar-refractivity contribution in [2.45, 2.75) is 32.2 Å². The molecule has 2 rings (SSSR count). The first-order chi connectivity index (χ1) is 10.5. The number of carboxylic acids is 1. The number of benzene rings is 1. The van der Waals surface area contributed by atoms with E-state index in [1.54, 1.807) is 0 Å². The van der Waals surface area contributed by atoms with Crippen LogP contribution >= 0.6 is 11.3 Å². The standard InChI is InChI=1S/C16H18N2O3S/c1-10(2)15-17-9-13(22-15)14(19)18-12(16(20)21)8-11-6-4-3-5-7-11/h3-7,9-10,12H,8H2,1-2H3,(H,18,19)(H,20,21)/t12-/m0/s1. The number of aromatic nitrogens is 1. The molecular weight excluding hydrogens is 300 g/mol. The van der Waals surface area contributed by atoms with Gasteiger partial charge in [-0.25, -0.2) is 9.78 Å². The van der Waals surface area contributed by atoms with E-state index in [0.29, 0.717) is 4.88 Å². The van der Waals surface area contributed by atoms with E-state index in [9.17, 15) is 14.7 Å². The van der Waals surface area contributed by atoms with Gasteiger partial charge in [0.2, 0.25) is 0 Å². The summed E-state index contributed by atoms with van der Waals surface area (Å²) >= 11 is 1.29. The third kappa shape index (κ3) is 4.14. The van der Waals surface area contributed by atoms with Gasteiger partial charge in [0.1, 0.15) is 10.9 Å². The van der Waals surface area contributed by atoms with Gasteiger partial charge in [0, 0.05) is 12.3 Å². The molecule has 0 aliphatic rings. The minimum absolute atomic E-state index is 0.242. The Kier molecular flexibility index (Phi) is 5.27. The van der Waals surface area contributed by atoms with E-state index in [4.69, 9.17) is 0 Å². The van der Waals surface area contributed by atoms with Gasteiger partial charge in [-0.05, 0) is 5.56 Å². The van der Waals surface area contributed by atoms with Gasteiger partial charge in [0.25, 0.3) is 5.91 Å². The molecule has 1 aromatic heterocycles. The topological polar surface area (TPSA) is 79.3 Å². The second-order valence-corrected chi connectivity index (χ2v) is 6.33. The lowest BCUT2D eigenvalue weighted by Crippen LogP contribution is -2.42. The highest BCUT2D eigenvalue weighted by molar-refractivity contribution is 7.13. The number of carbonyl (C=O) groups is 2. The number of amides is 1. The van der Waals surface area contributed by atoms with Crippen molar-refractivity contribution in [3.8, 4) is 0 Å². The van der Waals surface area contributed by atoms with Crippen LogP contribution in [-0.4, -0.2) is 28.0 Å². The van der Waals surface area contributed by atoms with E-state index >= 15 is 0 Å². The number of carboxylic acid groups (broad SMARTS) is 1. The molecule has 0 aliphatic carbocycles. The summed E-state index contributed by atoms with van der Waals surface area (Å²) < 4.78 is 0. The largest absolute Gasteiger partial charge is 0.480 e. The van der Waals surface area contributed by atoms with Crippen molar-refractivity contribution >= 4 is 23.2 Å². The Bertz CT molecular complexity index is 652. The Morgan fingerprint density at radius 3 is 2.50 bits per heavy atom. The predicted molar refractivity (Wildman–Crippen MR) is 85.2 cm³/mol. The molecule has 1 aromatic carbocycles. The van der Waals surface area contributed by atoms with Crippen molar-refractivity contribution in [3.63, 3.8) is 0 Å². The minimum atomic E-state index is -1.05. The van der Waals surface area contributed by atoms with Crippen LogP contribution in [0.3, 0.4) is 0 Å². The van der Waals surface area contributed by atoms with Gasteiger partial charge < -0.3 is 10.4 Å². The van der Waals surface area contributed by atoms with Crippen molar-refractivity contribution in [3.05, 3.63) is 52.0 Å². The summed E-state index contributed by atoms with van der Waals surface area (Å²) in [5.41, 5.74) is 0.863. The van der Waals surface area contributed by atoms with Crippen molar-refractivity contribution < 1.29 is 14.7 Å². The molecule has 0 saturated carbocycles. The average Bonchev–Trinajstić information content (AvgIpc) is 2.97. The molecule has 0 spiro atoms. The van der Waals surface area contributed by atoms with Gasteiger partial charge in [-0.3, -0.25) is 4.79 Å². The highest BCUT2D eigenvalue weighted by atomic mass is 32.1. The molecule has 6 heteroatoms. The number of nitrogens with one attached hydrogen (secondary N) is 1. The normalized spacial score (nSPS) is 12.1. The first-order valence-electron chi connectivity index (χ1n) is 7.00. The molecule has 0 unspecified atom stereocenters. The summed E-state index contributed by atoms with van der Waals surface area (Å²) in [5, 5.41) is 12.7. The Balaban J connectivity index is 2.07. The molecule has 1 amide bonds. The molecule has 0 aliphatic heterocycles. The zero-order valence-electron chi connectivity index (χ0n) is 12.4. The molecule has 0 radical (unpaired) electrons. The smallest absolute Gasteiger partial charge is 0.326 e. The van der Waals surface area contributed by atoms with Gasteiger partial charge in [0.05, 0.1) is 11.2 Å². The molecule has 5 nitrogen and oxygen atoms in total.